The van der Waals surface area contributed by atoms with Crippen molar-refractivity contribution >= 4 is 33.7 Å². The van der Waals surface area contributed by atoms with E-state index in [9.17, 15) is 0 Å². The van der Waals surface area contributed by atoms with E-state index in [1.54, 1.807) is 6.20 Å². The molecule has 0 radical (unpaired) electrons. The Kier molecular flexibility index (Phi) is 5.99. The average molecular weight is 333 g/mol. The van der Waals surface area contributed by atoms with Gasteiger partial charge in [-0.05, 0) is 42.7 Å². The lowest BCUT2D eigenvalue weighted by atomic mass is 10.0. The minimum Gasteiger partial charge on any atom is -0.384 e. The summed E-state index contributed by atoms with van der Waals surface area (Å²) in [6.45, 7) is 2.26. The number of nitrogens with zero attached hydrogens (tertiary/aromatic N) is 2. The zero-order valence-electron chi connectivity index (χ0n) is 15.0. The van der Waals surface area contributed by atoms with Crippen LogP contribution >= 0.6 is 0 Å². The van der Waals surface area contributed by atoms with E-state index in [1.165, 1.54) is 44.1 Å². The Hall–Kier alpha value is -2.42. The van der Waals surface area contributed by atoms with Gasteiger partial charge >= 0.3 is 0 Å². The number of hydrogen-bond acceptors (Lipinski definition) is 3. The van der Waals surface area contributed by atoms with Crippen molar-refractivity contribution < 1.29 is 0 Å². The van der Waals surface area contributed by atoms with E-state index >= 15 is 0 Å². The molecule has 0 spiro atoms. The highest BCUT2D eigenvalue weighted by Crippen LogP contribution is 2.27. The molecule has 3 nitrogen and oxygen atoms in total. The van der Waals surface area contributed by atoms with E-state index in [2.05, 4.69) is 47.2 Å². The van der Waals surface area contributed by atoms with Crippen LogP contribution in [0.2, 0.25) is 0 Å². The molecule has 3 aromatic rings. The Balaban J connectivity index is 1.77. The van der Waals surface area contributed by atoms with Gasteiger partial charge < -0.3 is 5.73 Å². The van der Waals surface area contributed by atoms with Gasteiger partial charge in [0, 0.05) is 17.0 Å². The maximum Gasteiger partial charge on any atom is 0.124 e. The summed E-state index contributed by atoms with van der Waals surface area (Å²) in [4.78, 5) is 9.03. The molecular formula is C22H27N3. The predicted molar refractivity (Wildman–Crippen MR) is 108 cm³/mol. The number of fused-ring (bicyclic) bond motifs is 3. The molecule has 2 aromatic heterocycles. The van der Waals surface area contributed by atoms with Gasteiger partial charge in [0.25, 0.3) is 0 Å². The molecule has 0 unspecified atom stereocenters. The number of pyridine rings is 2. The van der Waals surface area contributed by atoms with Crippen LogP contribution in [-0.4, -0.2) is 9.97 Å². The molecule has 25 heavy (non-hydrogen) atoms. The van der Waals surface area contributed by atoms with Gasteiger partial charge in [-0.1, -0.05) is 57.2 Å². The van der Waals surface area contributed by atoms with E-state index in [-0.39, 0.29) is 0 Å². The molecule has 0 aliphatic rings. The van der Waals surface area contributed by atoms with Crippen LogP contribution in [-0.2, 0) is 0 Å². The third-order valence-corrected chi connectivity index (χ3v) is 4.62. The summed E-state index contributed by atoms with van der Waals surface area (Å²) in [6.07, 6.45) is 15.4. The van der Waals surface area contributed by atoms with Crippen molar-refractivity contribution in [1.82, 2.24) is 9.97 Å². The predicted octanol–water partition coefficient (Wildman–Crippen LogP) is 6.13. The first-order valence-corrected chi connectivity index (χ1v) is 9.40. The van der Waals surface area contributed by atoms with Gasteiger partial charge in [0.2, 0.25) is 0 Å². The monoisotopic (exact) mass is 333 g/mol. The largest absolute Gasteiger partial charge is 0.384 e. The van der Waals surface area contributed by atoms with Crippen LogP contribution in [0.25, 0.3) is 27.9 Å². The number of benzene rings is 1. The molecule has 2 N–H and O–H groups in total. The van der Waals surface area contributed by atoms with Gasteiger partial charge in [0.1, 0.15) is 5.82 Å². The second-order valence-corrected chi connectivity index (χ2v) is 6.63. The molecule has 1 aromatic carbocycles. The molecule has 0 saturated heterocycles. The zero-order chi connectivity index (χ0) is 17.5. The molecule has 2 heterocycles. The first kappa shape index (κ1) is 17.4. The van der Waals surface area contributed by atoms with Crippen LogP contribution in [0, 0.1) is 0 Å². The highest BCUT2D eigenvalue weighted by molar-refractivity contribution is 6.07. The van der Waals surface area contributed by atoms with Gasteiger partial charge in [0.05, 0.1) is 11.0 Å². The summed E-state index contributed by atoms with van der Waals surface area (Å²) in [5.74, 6) is 0.535. The first-order valence-electron chi connectivity index (χ1n) is 9.40. The standard InChI is InChI=1S/C22H27N3/c1-2-3-4-5-6-7-8-9-11-17-16-18-12-10-15-24-21(18)22-19(17)13-14-20(23)25-22/h9-16H,2-8H2,1H3,(H2,23,25). The Labute approximate surface area is 150 Å². The minimum absolute atomic E-state index is 0.535. The maximum absolute atomic E-state index is 5.90. The number of hydrogen-bond donors (Lipinski definition) is 1. The third-order valence-electron chi connectivity index (χ3n) is 4.62. The summed E-state index contributed by atoms with van der Waals surface area (Å²) < 4.78 is 0. The van der Waals surface area contributed by atoms with E-state index in [4.69, 9.17) is 5.73 Å². The number of nitrogen functional groups attached to an aromatic ring is 1. The third kappa shape index (κ3) is 4.36. The fourth-order valence-electron chi connectivity index (χ4n) is 3.26. The summed E-state index contributed by atoms with van der Waals surface area (Å²) in [7, 11) is 0. The van der Waals surface area contributed by atoms with Crippen LogP contribution in [0.4, 0.5) is 5.82 Å². The topological polar surface area (TPSA) is 51.8 Å². The van der Waals surface area contributed by atoms with Crippen molar-refractivity contribution in [2.24, 2.45) is 0 Å². The molecular weight excluding hydrogens is 306 g/mol. The lowest BCUT2D eigenvalue weighted by molar-refractivity contribution is 0.611. The van der Waals surface area contributed by atoms with Crippen LogP contribution in [0.5, 0.6) is 0 Å². The summed E-state index contributed by atoms with van der Waals surface area (Å²) in [5, 5.41) is 2.21. The van der Waals surface area contributed by atoms with E-state index in [1.807, 2.05) is 12.1 Å². The van der Waals surface area contributed by atoms with E-state index < -0.39 is 0 Å². The molecule has 0 amide bonds. The SMILES string of the molecule is CCCCCCCCC=Cc1cc2cccnc2c2nc(N)ccc12. The molecule has 0 aliphatic heterocycles. The van der Waals surface area contributed by atoms with Gasteiger partial charge in [-0.3, -0.25) is 4.98 Å². The second-order valence-electron chi connectivity index (χ2n) is 6.63. The molecule has 0 atom stereocenters. The first-order chi connectivity index (χ1) is 12.3. The van der Waals surface area contributed by atoms with Crippen molar-refractivity contribution in [3.63, 3.8) is 0 Å². The van der Waals surface area contributed by atoms with Crippen LogP contribution in [0.3, 0.4) is 0 Å². The van der Waals surface area contributed by atoms with E-state index in [0.29, 0.717) is 5.82 Å². The number of anilines is 1. The number of aromatic nitrogens is 2. The zero-order valence-corrected chi connectivity index (χ0v) is 15.0. The lowest BCUT2D eigenvalue weighted by Crippen LogP contribution is -1.93. The van der Waals surface area contributed by atoms with Crippen molar-refractivity contribution in [2.45, 2.75) is 51.9 Å². The van der Waals surface area contributed by atoms with Crippen molar-refractivity contribution in [2.75, 3.05) is 5.73 Å². The summed E-state index contributed by atoms with van der Waals surface area (Å²) >= 11 is 0. The normalized spacial score (nSPS) is 11.7. The summed E-state index contributed by atoms with van der Waals surface area (Å²) in [5.41, 5.74) is 8.89. The van der Waals surface area contributed by atoms with Crippen LogP contribution in [0.15, 0.2) is 42.6 Å². The number of allylic oxidation sites excluding steroid dienone is 1. The maximum atomic E-state index is 5.90. The lowest BCUT2D eigenvalue weighted by Gasteiger charge is -2.07. The van der Waals surface area contributed by atoms with Gasteiger partial charge in [-0.25, -0.2) is 4.98 Å². The molecule has 0 bridgehead atoms. The minimum atomic E-state index is 0.535. The van der Waals surface area contributed by atoms with Gasteiger partial charge in [0.15, 0.2) is 0 Å². The quantitative estimate of drug-likeness (QED) is 0.398. The van der Waals surface area contributed by atoms with Crippen LogP contribution in [0.1, 0.15) is 57.4 Å². The van der Waals surface area contributed by atoms with E-state index in [0.717, 1.165) is 28.2 Å². The van der Waals surface area contributed by atoms with Gasteiger partial charge in [-0.15, -0.1) is 0 Å². The Morgan fingerprint density at radius 1 is 1.00 bits per heavy atom. The Morgan fingerprint density at radius 2 is 1.84 bits per heavy atom. The molecule has 130 valence electrons. The Bertz CT molecular complexity index is 868. The second kappa shape index (κ2) is 8.61. The van der Waals surface area contributed by atoms with Crippen molar-refractivity contribution in [3.05, 3.63) is 48.2 Å². The number of unbranched alkanes of at least 4 members (excludes halogenated alkanes) is 6. The molecule has 0 aliphatic carbocycles. The number of nitrogens with two attached hydrogens (primary N) is 1. The molecule has 3 rings (SSSR count). The van der Waals surface area contributed by atoms with Crippen molar-refractivity contribution in [3.8, 4) is 0 Å². The van der Waals surface area contributed by atoms with Crippen LogP contribution < -0.4 is 5.73 Å². The van der Waals surface area contributed by atoms with Gasteiger partial charge in [-0.2, -0.15) is 0 Å². The molecule has 0 fully saturated rings. The highest BCUT2D eigenvalue weighted by atomic mass is 14.8. The molecule has 0 saturated carbocycles. The highest BCUT2D eigenvalue weighted by Gasteiger charge is 2.07. The average Bonchev–Trinajstić information content (AvgIpc) is 2.63. The molecule has 3 heteroatoms. The summed E-state index contributed by atoms with van der Waals surface area (Å²) in [6, 6.07) is 10.2. The fraction of sp³-hybridized carbons (Fsp3) is 0.364. The Morgan fingerprint density at radius 3 is 2.72 bits per heavy atom. The van der Waals surface area contributed by atoms with Crippen molar-refractivity contribution in [1.29, 1.82) is 0 Å². The smallest absolute Gasteiger partial charge is 0.124 e. The fourth-order valence-corrected chi connectivity index (χ4v) is 3.26. The number of rotatable bonds is 8.